The van der Waals surface area contributed by atoms with Crippen molar-refractivity contribution in [2.45, 2.75) is 18.9 Å². The number of rotatable bonds is 2. The number of carboxylic acids is 1. The molecule has 0 aromatic heterocycles. The molecule has 0 unspecified atom stereocenters. The number of piperidine rings is 1. The summed E-state index contributed by atoms with van der Waals surface area (Å²) in [4.78, 5) is 12.0. The van der Waals surface area contributed by atoms with Gasteiger partial charge in [-0.3, -0.25) is 0 Å². The summed E-state index contributed by atoms with van der Waals surface area (Å²) in [5.41, 5.74) is 0. The lowest BCUT2D eigenvalue weighted by atomic mass is 10.1. The van der Waals surface area contributed by atoms with Crippen LogP contribution < -0.4 is 0 Å². The fraction of sp³-hybridized carbons (Fsp3) is 0.625. The van der Waals surface area contributed by atoms with Gasteiger partial charge in [0, 0.05) is 25.4 Å². The van der Waals surface area contributed by atoms with Crippen molar-refractivity contribution in [3.8, 4) is 0 Å². The largest absolute Gasteiger partial charge is 0.478 e. The smallest absolute Gasteiger partial charge is 0.329 e. The van der Waals surface area contributed by atoms with Crippen LogP contribution >= 0.6 is 0 Å². The van der Waals surface area contributed by atoms with Crippen molar-refractivity contribution < 1.29 is 15.0 Å². The molecule has 0 spiro atoms. The van der Waals surface area contributed by atoms with Crippen LogP contribution in [0.15, 0.2) is 12.3 Å². The second kappa shape index (κ2) is 4.11. The van der Waals surface area contributed by atoms with E-state index in [9.17, 15) is 4.79 Å². The second-order valence-electron chi connectivity index (χ2n) is 2.92. The zero-order valence-corrected chi connectivity index (χ0v) is 6.81. The first-order valence-electron chi connectivity index (χ1n) is 4.02. The summed E-state index contributed by atoms with van der Waals surface area (Å²) in [6.45, 7) is 1.48. The van der Waals surface area contributed by atoms with Gasteiger partial charge in [0.05, 0.1) is 6.10 Å². The summed E-state index contributed by atoms with van der Waals surface area (Å²) in [6.07, 6.45) is 3.93. The molecular formula is C8H13NO3. The van der Waals surface area contributed by atoms with Crippen LogP contribution in [0.3, 0.4) is 0 Å². The van der Waals surface area contributed by atoms with Gasteiger partial charge in [-0.15, -0.1) is 0 Å². The van der Waals surface area contributed by atoms with Crippen molar-refractivity contribution in [1.82, 2.24) is 4.90 Å². The van der Waals surface area contributed by atoms with E-state index in [1.165, 1.54) is 0 Å². The molecule has 0 radical (unpaired) electrons. The van der Waals surface area contributed by atoms with Gasteiger partial charge in [-0.05, 0) is 12.8 Å². The van der Waals surface area contributed by atoms with Gasteiger partial charge in [0.15, 0.2) is 0 Å². The number of carboxylic acid groups (broad SMARTS) is 1. The highest BCUT2D eigenvalue weighted by molar-refractivity contribution is 5.79. The molecule has 0 aliphatic carbocycles. The molecule has 0 atom stereocenters. The van der Waals surface area contributed by atoms with Gasteiger partial charge in [-0.25, -0.2) is 4.79 Å². The van der Waals surface area contributed by atoms with Gasteiger partial charge < -0.3 is 15.1 Å². The van der Waals surface area contributed by atoms with Gasteiger partial charge in [-0.2, -0.15) is 0 Å². The van der Waals surface area contributed by atoms with E-state index in [2.05, 4.69) is 0 Å². The van der Waals surface area contributed by atoms with Crippen LogP contribution in [0, 0.1) is 0 Å². The molecule has 2 N–H and O–H groups in total. The molecular weight excluding hydrogens is 158 g/mol. The Labute approximate surface area is 71.1 Å². The predicted octanol–water partition coefficient (Wildman–Crippen LogP) is 0.0414. The van der Waals surface area contributed by atoms with Gasteiger partial charge in [0.25, 0.3) is 0 Å². The first kappa shape index (κ1) is 9.06. The summed E-state index contributed by atoms with van der Waals surface area (Å²) < 4.78 is 0. The molecule has 0 saturated carbocycles. The molecule has 4 heteroatoms. The molecule has 1 fully saturated rings. The first-order valence-corrected chi connectivity index (χ1v) is 4.02. The van der Waals surface area contributed by atoms with E-state index in [4.69, 9.17) is 10.2 Å². The van der Waals surface area contributed by atoms with Crippen LogP contribution in [-0.4, -0.2) is 40.3 Å². The Morgan fingerprint density at radius 3 is 2.50 bits per heavy atom. The Bertz CT molecular complexity index is 183. The van der Waals surface area contributed by atoms with Crippen LogP contribution in [0.2, 0.25) is 0 Å². The van der Waals surface area contributed by atoms with E-state index in [-0.39, 0.29) is 6.10 Å². The third-order valence-electron chi connectivity index (χ3n) is 1.93. The lowest BCUT2D eigenvalue weighted by Crippen LogP contribution is -2.32. The minimum Gasteiger partial charge on any atom is -0.478 e. The summed E-state index contributed by atoms with van der Waals surface area (Å²) in [6, 6.07) is 0. The van der Waals surface area contributed by atoms with E-state index in [0.29, 0.717) is 0 Å². The molecule has 1 heterocycles. The van der Waals surface area contributed by atoms with Crippen LogP contribution in [0.5, 0.6) is 0 Å². The van der Waals surface area contributed by atoms with Gasteiger partial charge in [0.1, 0.15) is 0 Å². The Morgan fingerprint density at radius 2 is 2.00 bits per heavy atom. The van der Waals surface area contributed by atoms with Crippen LogP contribution in [0.1, 0.15) is 12.8 Å². The van der Waals surface area contributed by atoms with E-state index in [1.807, 2.05) is 4.90 Å². The topological polar surface area (TPSA) is 60.8 Å². The average molecular weight is 171 g/mol. The molecule has 1 rings (SSSR count). The van der Waals surface area contributed by atoms with Gasteiger partial charge >= 0.3 is 5.97 Å². The quantitative estimate of drug-likeness (QED) is 0.576. The monoisotopic (exact) mass is 171 g/mol. The molecule has 1 aliphatic rings. The number of likely N-dealkylation sites (tertiary alicyclic amines) is 1. The molecule has 0 aromatic carbocycles. The van der Waals surface area contributed by atoms with E-state index < -0.39 is 5.97 Å². The molecule has 0 aromatic rings. The molecule has 0 amide bonds. The number of aliphatic carboxylic acids is 1. The van der Waals surface area contributed by atoms with Crippen molar-refractivity contribution in [2.75, 3.05) is 13.1 Å². The lowest BCUT2D eigenvalue weighted by Gasteiger charge is -2.27. The minimum absolute atomic E-state index is 0.209. The molecule has 1 saturated heterocycles. The van der Waals surface area contributed by atoms with Gasteiger partial charge in [0.2, 0.25) is 0 Å². The number of hydrogen-bond donors (Lipinski definition) is 2. The normalized spacial score (nSPS) is 20.2. The fourth-order valence-electron chi connectivity index (χ4n) is 1.20. The third kappa shape index (κ3) is 2.92. The lowest BCUT2D eigenvalue weighted by molar-refractivity contribution is -0.131. The highest BCUT2D eigenvalue weighted by atomic mass is 16.4. The van der Waals surface area contributed by atoms with Crippen LogP contribution in [0.25, 0.3) is 0 Å². The molecule has 4 nitrogen and oxygen atoms in total. The van der Waals surface area contributed by atoms with E-state index in [1.54, 1.807) is 6.20 Å². The summed E-state index contributed by atoms with van der Waals surface area (Å²) in [5.74, 6) is -0.930. The maximum Gasteiger partial charge on any atom is 0.329 e. The van der Waals surface area contributed by atoms with Crippen molar-refractivity contribution >= 4 is 5.97 Å². The highest BCUT2D eigenvalue weighted by Gasteiger charge is 2.13. The molecule has 68 valence electrons. The summed E-state index contributed by atoms with van der Waals surface area (Å²) in [5, 5.41) is 17.5. The van der Waals surface area contributed by atoms with E-state index in [0.717, 1.165) is 32.0 Å². The Kier molecular flexibility index (Phi) is 3.10. The Balaban J connectivity index is 2.30. The maximum atomic E-state index is 10.1. The van der Waals surface area contributed by atoms with Crippen molar-refractivity contribution in [3.05, 3.63) is 12.3 Å². The predicted molar refractivity (Wildman–Crippen MR) is 43.6 cm³/mol. The summed E-state index contributed by atoms with van der Waals surface area (Å²) >= 11 is 0. The molecule has 12 heavy (non-hydrogen) atoms. The highest BCUT2D eigenvalue weighted by Crippen LogP contribution is 2.09. The van der Waals surface area contributed by atoms with Crippen molar-refractivity contribution in [2.24, 2.45) is 0 Å². The maximum absolute atomic E-state index is 10.1. The fourth-order valence-corrected chi connectivity index (χ4v) is 1.20. The zero-order chi connectivity index (χ0) is 8.97. The standard InChI is InChI=1S/C8H13NO3/c10-7-1-4-9(5-2-7)6-3-8(11)12/h3,6-7,10H,1-2,4-5H2,(H,11,12)/b6-3+. The van der Waals surface area contributed by atoms with Gasteiger partial charge in [-0.1, -0.05) is 0 Å². The van der Waals surface area contributed by atoms with Crippen LogP contribution in [0.4, 0.5) is 0 Å². The Morgan fingerprint density at radius 1 is 1.42 bits per heavy atom. The van der Waals surface area contributed by atoms with Crippen molar-refractivity contribution in [3.63, 3.8) is 0 Å². The Hall–Kier alpha value is -1.03. The first-order chi connectivity index (χ1) is 5.68. The van der Waals surface area contributed by atoms with Crippen molar-refractivity contribution in [1.29, 1.82) is 0 Å². The number of aliphatic hydroxyl groups is 1. The number of hydrogen-bond acceptors (Lipinski definition) is 3. The number of carbonyl (C=O) groups is 1. The zero-order valence-electron chi connectivity index (χ0n) is 6.81. The summed E-state index contributed by atoms with van der Waals surface area (Å²) in [7, 11) is 0. The average Bonchev–Trinajstić information content (AvgIpc) is 2.03. The molecule has 1 aliphatic heterocycles. The third-order valence-corrected chi connectivity index (χ3v) is 1.93. The SMILES string of the molecule is O=C(O)/C=C/N1CCC(O)CC1. The minimum atomic E-state index is -0.930. The molecule has 0 bridgehead atoms. The van der Waals surface area contributed by atoms with Crippen LogP contribution in [-0.2, 0) is 4.79 Å². The number of aliphatic hydroxyl groups excluding tert-OH is 1. The number of nitrogens with zero attached hydrogens (tertiary/aromatic N) is 1. The second-order valence-corrected chi connectivity index (χ2v) is 2.92. The van der Waals surface area contributed by atoms with E-state index >= 15 is 0 Å².